The summed E-state index contributed by atoms with van der Waals surface area (Å²) < 4.78 is 14.2. The van der Waals surface area contributed by atoms with Crippen molar-refractivity contribution < 1.29 is 14.3 Å². The fourth-order valence-electron chi connectivity index (χ4n) is 1.55. The molecule has 0 saturated carbocycles. The molecule has 2 rings (SSSR count). The van der Waals surface area contributed by atoms with Gasteiger partial charge in [-0.25, -0.2) is 9.18 Å². The van der Waals surface area contributed by atoms with Crippen molar-refractivity contribution >= 4 is 33.3 Å². The molecule has 3 nitrogen and oxygen atoms in total. The quantitative estimate of drug-likeness (QED) is 0.900. The number of hydrogen-bond acceptors (Lipinski definition) is 2. The Hall–Kier alpha value is -1.88. The van der Waals surface area contributed by atoms with Crippen molar-refractivity contribution in [2.45, 2.75) is 0 Å². The first kappa shape index (κ1) is 12.6. The number of carboxylic acids is 1. The second kappa shape index (κ2) is 5.18. The van der Waals surface area contributed by atoms with E-state index in [0.717, 1.165) is 10.5 Å². The molecule has 18 heavy (non-hydrogen) atoms. The van der Waals surface area contributed by atoms with Gasteiger partial charge in [0, 0.05) is 4.47 Å². The van der Waals surface area contributed by atoms with Gasteiger partial charge in [-0.05, 0) is 40.2 Å². The zero-order valence-corrected chi connectivity index (χ0v) is 10.7. The van der Waals surface area contributed by atoms with Gasteiger partial charge < -0.3 is 10.4 Å². The highest BCUT2D eigenvalue weighted by Crippen LogP contribution is 2.28. The van der Waals surface area contributed by atoms with Crippen molar-refractivity contribution in [3.05, 3.63) is 58.3 Å². The van der Waals surface area contributed by atoms with Crippen molar-refractivity contribution in [1.29, 1.82) is 0 Å². The van der Waals surface area contributed by atoms with E-state index in [4.69, 9.17) is 5.11 Å². The van der Waals surface area contributed by atoms with Gasteiger partial charge in [0.05, 0.1) is 11.4 Å². The van der Waals surface area contributed by atoms with Crippen LogP contribution in [0.15, 0.2) is 46.9 Å². The van der Waals surface area contributed by atoms with Gasteiger partial charge in [-0.3, -0.25) is 0 Å². The highest BCUT2D eigenvalue weighted by Gasteiger charge is 2.16. The predicted molar refractivity (Wildman–Crippen MR) is 70.8 cm³/mol. The van der Waals surface area contributed by atoms with Gasteiger partial charge in [-0.2, -0.15) is 0 Å². The van der Waals surface area contributed by atoms with E-state index in [1.54, 1.807) is 12.1 Å². The molecule has 0 aliphatic rings. The number of benzene rings is 2. The smallest absolute Gasteiger partial charge is 0.340 e. The third kappa shape index (κ3) is 2.51. The lowest BCUT2D eigenvalue weighted by molar-refractivity contribution is 0.0693. The first-order valence-corrected chi connectivity index (χ1v) is 5.92. The van der Waals surface area contributed by atoms with Gasteiger partial charge in [0.25, 0.3) is 0 Å². The van der Waals surface area contributed by atoms with Crippen LogP contribution in [-0.2, 0) is 0 Å². The van der Waals surface area contributed by atoms with Crippen LogP contribution in [0.2, 0.25) is 0 Å². The largest absolute Gasteiger partial charge is 0.478 e. The minimum absolute atomic E-state index is 0.217. The summed E-state index contributed by atoms with van der Waals surface area (Å²) in [5.74, 6) is -2.07. The molecular formula is C13H9BrFNO2. The maximum Gasteiger partial charge on any atom is 0.340 e. The lowest BCUT2D eigenvalue weighted by atomic mass is 10.1. The van der Waals surface area contributed by atoms with Crippen LogP contribution >= 0.6 is 15.9 Å². The molecule has 0 radical (unpaired) electrons. The van der Waals surface area contributed by atoms with Gasteiger partial charge in [0.2, 0.25) is 0 Å². The molecule has 2 aromatic rings. The third-order valence-corrected chi connectivity index (χ3v) is 3.06. The Bertz CT molecular complexity index is 601. The number of aromatic carboxylic acids is 1. The Kier molecular flexibility index (Phi) is 3.62. The van der Waals surface area contributed by atoms with Gasteiger partial charge >= 0.3 is 5.97 Å². The van der Waals surface area contributed by atoms with E-state index in [-0.39, 0.29) is 11.3 Å². The summed E-state index contributed by atoms with van der Waals surface area (Å²) in [6.07, 6.45) is 0. The number of carbonyl (C=O) groups is 1. The molecule has 0 atom stereocenters. The van der Waals surface area contributed by atoms with E-state index in [2.05, 4.69) is 21.2 Å². The second-order valence-electron chi connectivity index (χ2n) is 3.57. The Labute approximate surface area is 111 Å². The molecular weight excluding hydrogens is 301 g/mol. The first-order chi connectivity index (χ1) is 8.59. The van der Waals surface area contributed by atoms with Crippen LogP contribution in [0, 0.1) is 5.82 Å². The molecule has 2 aromatic carbocycles. The minimum atomic E-state index is -1.30. The van der Waals surface area contributed by atoms with Gasteiger partial charge in [-0.15, -0.1) is 0 Å². The fourth-order valence-corrected chi connectivity index (χ4v) is 1.94. The molecule has 0 aliphatic heterocycles. The van der Waals surface area contributed by atoms with Crippen molar-refractivity contribution in [2.75, 3.05) is 5.32 Å². The maximum absolute atomic E-state index is 13.5. The van der Waals surface area contributed by atoms with Crippen LogP contribution in [0.1, 0.15) is 10.4 Å². The van der Waals surface area contributed by atoms with Crippen LogP contribution in [-0.4, -0.2) is 11.1 Å². The highest BCUT2D eigenvalue weighted by atomic mass is 79.9. The summed E-state index contributed by atoms with van der Waals surface area (Å²) in [7, 11) is 0. The summed E-state index contributed by atoms with van der Waals surface area (Å²) in [6.45, 7) is 0. The second-order valence-corrected chi connectivity index (χ2v) is 4.43. The Morgan fingerprint density at radius 3 is 2.44 bits per heavy atom. The van der Waals surface area contributed by atoms with E-state index in [9.17, 15) is 9.18 Å². The minimum Gasteiger partial charge on any atom is -0.478 e. The SMILES string of the molecule is O=C(O)c1c(F)cccc1Nc1ccccc1Br. The van der Waals surface area contributed by atoms with Crippen LogP contribution < -0.4 is 5.32 Å². The number of nitrogens with one attached hydrogen (secondary N) is 1. The predicted octanol–water partition coefficient (Wildman–Crippen LogP) is 4.03. The van der Waals surface area contributed by atoms with Crippen molar-refractivity contribution in [3.8, 4) is 0 Å². The average molecular weight is 310 g/mol. The fraction of sp³-hybridized carbons (Fsp3) is 0. The van der Waals surface area contributed by atoms with E-state index in [1.165, 1.54) is 12.1 Å². The molecule has 0 heterocycles. The molecule has 0 aliphatic carbocycles. The lowest BCUT2D eigenvalue weighted by Crippen LogP contribution is -2.05. The number of halogens is 2. The average Bonchev–Trinajstić information content (AvgIpc) is 2.31. The zero-order valence-electron chi connectivity index (χ0n) is 9.15. The Morgan fingerprint density at radius 1 is 1.11 bits per heavy atom. The molecule has 0 unspecified atom stereocenters. The Morgan fingerprint density at radius 2 is 1.78 bits per heavy atom. The molecule has 92 valence electrons. The van der Waals surface area contributed by atoms with Crippen LogP contribution in [0.25, 0.3) is 0 Å². The van der Waals surface area contributed by atoms with E-state index in [0.29, 0.717) is 5.69 Å². The van der Waals surface area contributed by atoms with Crippen molar-refractivity contribution in [3.63, 3.8) is 0 Å². The standard InChI is InChI=1S/C13H9BrFNO2/c14-8-4-1-2-6-10(8)16-11-7-3-5-9(15)12(11)13(17)18/h1-7,16H,(H,17,18). The van der Waals surface area contributed by atoms with Gasteiger partial charge in [0.15, 0.2) is 0 Å². The highest BCUT2D eigenvalue weighted by molar-refractivity contribution is 9.10. The molecule has 0 spiro atoms. The summed E-state index contributed by atoms with van der Waals surface area (Å²) in [4.78, 5) is 11.0. The first-order valence-electron chi connectivity index (χ1n) is 5.13. The summed E-state index contributed by atoms with van der Waals surface area (Å²) >= 11 is 3.33. The van der Waals surface area contributed by atoms with Crippen LogP contribution in [0.4, 0.5) is 15.8 Å². The van der Waals surface area contributed by atoms with E-state index < -0.39 is 11.8 Å². The Balaban J connectivity index is 2.44. The number of hydrogen-bond donors (Lipinski definition) is 2. The van der Waals surface area contributed by atoms with Crippen LogP contribution in [0.5, 0.6) is 0 Å². The summed E-state index contributed by atoms with van der Waals surface area (Å²) in [6, 6.07) is 11.3. The molecule has 2 N–H and O–H groups in total. The van der Waals surface area contributed by atoms with E-state index >= 15 is 0 Å². The van der Waals surface area contributed by atoms with Gasteiger partial charge in [-0.1, -0.05) is 18.2 Å². The topological polar surface area (TPSA) is 49.3 Å². The van der Waals surface area contributed by atoms with Gasteiger partial charge in [0.1, 0.15) is 11.4 Å². The van der Waals surface area contributed by atoms with Crippen molar-refractivity contribution in [1.82, 2.24) is 0 Å². The summed E-state index contributed by atoms with van der Waals surface area (Å²) in [5, 5.41) is 11.9. The number of para-hydroxylation sites is 1. The van der Waals surface area contributed by atoms with E-state index in [1.807, 2.05) is 12.1 Å². The number of anilines is 2. The molecule has 0 fully saturated rings. The zero-order chi connectivity index (χ0) is 13.1. The molecule has 0 saturated heterocycles. The van der Waals surface area contributed by atoms with Crippen molar-refractivity contribution in [2.24, 2.45) is 0 Å². The molecule has 0 aromatic heterocycles. The number of rotatable bonds is 3. The molecule has 0 amide bonds. The molecule has 5 heteroatoms. The molecule has 0 bridgehead atoms. The monoisotopic (exact) mass is 309 g/mol. The third-order valence-electron chi connectivity index (χ3n) is 2.37. The normalized spacial score (nSPS) is 10.1. The number of carboxylic acid groups (broad SMARTS) is 1. The summed E-state index contributed by atoms with van der Waals surface area (Å²) in [5.41, 5.74) is 0.522. The maximum atomic E-state index is 13.5. The van der Waals surface area contributed by atoms with Crippen LogP contribution in [0.3, 0.4) is 0 Å². The lowest BCUT2D eigenvalue weighted by Gasteiger charge is -2.11.